The molecule has 2 aliphatic rings. The van der Waals surface area contributed by atoms with Crippen molar-refractivity contribution in [1.29, 1.82) is 0 Å². The molecule has 2 aliphatic heterocycles. The van der Waals surface area contributed by atoms with E-state index in [0.29, 0.717) is 0 Å². The zero-order chi connectivity index (χ0) is 23.1. The zero-order valence-electron chi connectivity index (χ0n) is 21.4. The van der Waals surface area contributed by atoms with Crippen molar-refractivity contribution in [2.75, 3.05) is 5.32 Å². The number of nitrogens with zero attached hydrogens (tertiary/aromatic N) is 3. The molecule has 2 saturated heterocycles. The fourth-order valence-electron chi connectivity index (χ4n) is 5.61. The molecule has 1 aromatic carbocycles. The first-order chi connectivity index (χ1) is 14.2. The summed E-state index contributed by atoms with van der Waals surface area (Å²) in [5.41, 5.74) is 6.18. The maximum atomic E-state index is 5.27. The highest BCUT2D eigenvalue weighted by atomic mass is 15.6. The van der Waals surface area contributed by atoms with Gasteiger partial charge in [-0.3, -0.25) is 10.4 Å². The number of nitrogens with one attached hydrogen (secondary N) is 2. The first kappa shape index (κ1) is 23.9. The van der Waals surface area contributed by atoms with Gasteiger partial charge in [-0.15, -0.1) is 5.10 Å². The molecule has 0 saturated carbocycles. The maximum absolute atomic E-state index is 5.27. The molecule has 0 unspecified atom stereocenters. The number of hydrazone groups is 1. The third-order valence-corrected chi connectivity index (χ3v) is 7.24. The molecule has 3 rings (SSSR count). The average Bonchev–Trinajstić information content (AvgIpc) is 2.62. The number of benzene rings is 1. The summed E-state index contributed by atoms with van der Waals surface area (Å²) in [5, 5.41) is 13.6. The fraction of sp³-hybridized carbons (Fsp3) is 0.731. The summed E-state index contributed by atoms with van der Waals surface area (Å²) in [5.74, 6) is 0.801. The van der Waals surface area contributed by atoms with Gasteiger partial charge in [0.25, 0.3) is 0 Å². The van der Waals surface area contributed by atoms with Crippen molar-refractivity contribution in [2.45, 2.75) is 123 Å². The highest BCUT2D eigenvalue weighted by Crippen LogP contribution is 2.39. The van der Waals surface area contributed by atoms with Crippen LogP contribution < -0.4 is 10.7 Å². The van der Waals surface area contributed by atoms with Crippen molar-refractivity contribution in [3.63, 3.8) is 0 Å². The monoisotopic (exact) mass is 427 g/mol. The fourth-order valence-corrected chi connectivity index (χ4v) is 5.61. The number of hydrazine groups is 1. The lowest BCUT2D eigenvalue weighted by molar-refractivity contribution is -0.0546. The lowest BCUT2D eigenvalue weighted by Gasteiger charge is -2.54. The summed E-state index contributed by atoms with van der Waals surface area (Å²) >= 11 is 0. The molecule has 1 aromatic rings. The molecule has 2 N–H and O–H groups in total. The van der Waals surface area contributed by atoms with Gasteiger partial charge in [-0.05, 0) is 113 Å². The van der Waals surface area contributed by atoms with Crippen LogP contribution in [0.3, 0.4) is 0 Å². The molecule has 31 heavy (non-hydrogen) atoms. The molecule has 0 aromatic heterocycles. The molecule has 0 spiro atoms. The Morgan fingerprint density at radius 1 is 0.742 bits per heavy atom. The third kappa shape index (κ3) is 5.36. The Morgan fingerprint density at radius 3 is 1.68 bits per heavy atom. The predicted molar refractivity (Wildman–Crippen MR) is 133 cm³/mol. The van der Waals surface area contributed by atoms with Crippen LogP contribution in [0.25, 0.3) is 0 Å². The van der Waals surface area contributed by atoms with Crippen LogP contribution in [-0.2, 0) is 0 Å². The van der Waals surface area contributed by atoms with Gasteiger partial charge in [0.15, 0.2) is 0 Å². The van der Waals surface area contributed by atoms with E-state index in [9.17, 15) is 0 Å². The Hall–Kier alpha value is -1.75. The minimum absolute atomic E-state index is 0.0105. The van der Waals surface area contributed by atoms with E-state index in [-0.39, 0.29) is 22.2 Å². The van der Waals surface area contributed by atoms with Crippen molar-refractivity contribution in [2.24, 2.45) is 5.10 Å². The molecule has 174 valence electrons. The van der Waals surface area contributed by atoms with E-state index in [1.165, 1.54) is 31.2 Å². The summed E-state index contributed by atoms with van der Waals surface area (Å²) < 4.78 is 0. The van der Waals surface area contributed by atoms with Crippen molar-refractivity contribution >= 4 is 11.6 Å². The highest BCUT2D eigenvalue weighted by molar-refractivity contribution is 5.93. The minimum Gasteiger partial charge on any atom is -0.324 e. The van der Waals surface area contributed by atoms with Crippen molar-refractivity contribution in [1.82, 2.24) is 15.4 Å². The van der Waals surface area contributed by atoms with Crippen molar-refractivity contribution in [3.05, 3.63) is 29.8 Å². The second-order valence-corrected chi connectivity index (χ2v) is 12.2. The van der Waals surface area contributed by atoms with E-state index in [2.05, 4.69) is 107 Å². The number of hydrogen-bond donors (Lipinski definition) is 2. The van der Waals surface area contributed by atoms with Gasteiger partial charge >= 0.3 is 0 Å². The van der Waals surface area contributed by atoms with E-state index in [1.54, 1.807) is 0 Å². The van der Waals surface area contributed by atoms with Crippen LogP contribution >= 0.6 is 0 Å². The van der Waals surface area contributed by atoms with Crippen LogP contribution in [0.2, 0.25) is 0 Å². The van der Waals surface area contributed by atoms with Gasteiger partial charge in [-0.2, -0.15) is 0 Å². The number of hydrogen-bond acceptors (Lipinski definition) is 3. The Morgan fingerprint density at radius 2 is 1.19 bits per heavy atom. The maximum Gasteiger partial charge on any atom is 0.233 e. The van der Waals surface area contributed by atoms with Gasteiger partial charge < -0.3 is 5.32 Å². The summed E-state index contributed by atoms with van der Waals surface area (Å²) in [6.45, 7) is 20.7. The van der Waals surface area contributed by atoms with Crippen molar-refractivity contribution in [3.8, 4) is 0 Å². The van der Waals surface area contributed by atoms with Gasteiger partial charge in [0.1, 0.15) is 0 Å². The van der Waals surface area contributed by atoms with Gasteiger partial charge in [0, 0.05) is 16.8 Å². The summed E-state index contributed by atoms with van der Waals surface area (Å²) in [6, 6.07) is 8.55. The molecule has 2 fully saturated rings. The SMILES string of the molecule is Cc1ccc(NC(=NN2C(C)(C)CCCC2(C)C)NN2C(C)(C)CCCC2(C)C)cc1. The van der Waals surface area contributed by atoms with E-state index in [0.717, 1.165) is 24.5 Å². The molecule has 0 bridgehead atoms. The summed E-state index contributed by atoms with van der Waals surface area (Å²) in [4.78, 5) is 0. The van der Waals surface area contributed by atoms with E-state index in [1.807, 2.05) is 0 Å². The Balaban J connectivity index is 2.00. The molecular formula is C26H45N5. The third-order valence-electron chi connectivity index (χ3n) is 7.24. The van der Waals surface area contributed by atoms with E-state index >= 15 is 0 Å². The molecule has 0 radical (unpaired) electrons. The van der Waals surface area contributed by atoms with Gasteiger partial charge in [-0.25, -0.2) is 5.01 Å². The number of piperidine rings is 2. The van der Waals surface area contributed by atoms with Crippen LogP contribution in [0.1, 0.15) is 99.5 Å². The quantitative estimate of drug-likeness (QED) is 0.441. The van der Waals surface area contributed by atoms with E-state index < -0.39 is 0 Å². The van der Waals surface area contributed by atoms with E-state index in [4.69, 9.17) is 5.10 Å². The van der Waals surface area contributed by atoms with Gasteiger partial charge in [0.2, 0.25) is 5.96 Å². The Bertz CT molecular complexity index is 757. The van der Waals surface area contributed by atoms with Crippen molar-refractivity contribution < 1.29 is 0 Å². The number of anilines is 1. The molecule has 2 heterocycles. The smallest absolute Gasteiger partial charge is 0.233 e. The van der Waals surface area contributed by atoms with Gasteiger partial charge in [-0.1, -0.05) is 17.7 Å². The minimum atomic E-state index is 0.0105. The van der Waals surface area contributed by atoms with Gasteiger partial charge in [0.05, 0.1) is 11.1 Å². The number of aryl methyl sites for hydroxylation is 1. The Kier molecular flexibility index (Phi) is 6.41. The highest BCUT2D eigenvalue weighted by Gasteiger charge is 2.44. The topological polar surface area (TPSA) is 42.9 Å². The largest absolute Gasteiger partial charge is 0.324 e. The van der Waals surface area contributed by atoms with Crippen LogP contribution in [0.5, 0.6) is 0 Å². The lowest BCUT2D eigenvalue weighted by Crippen LogP contribution is -2.66. The molecule has 0 amide bonds. The molecule has 5 heteroatoms. The molecular weight excluding hydrogens is 382 g/mol. The van der Waals surface area contributed by atoms with Crippen LogP contribution in [-0.4, -0.2) is 38.1 Å². The first-order valence-electron chi connectivity index (χ1n) is 12.0. The second kappa shape index (κ2) is 8.31. The standard InChI is InChI=1S/C26H45N5/c1-20-12-14-21(15-13-20)27-22(28-30-23(2,3)16-10-17-24(30,4)5)29-31-25(6,7)18-11-19-26(31,8)9/h12-15H,10-11,16-19H2,1-9H3,(H2,27,28,29). The average molecular weight is 428 g/mol. The first-order valence-corrected chi connectivity index (χ1v) is 12.0. The molecule has 5 nitrogen and oxygen atoms in total. The Labute approximate surface area is 190 Å². The number of rotatable bonds is 3. The predicted octanol–water partition coefficient (Wildman–Crippen LogP) is 6.27. The summed E-state index contributed by atoms with van der Waals surface area (Å²) in [6.07, 6.45) is 7.13. The zero-order valence-corrected chi connectivity index (χ0v) is 21.4. The van der Waals surface area contributed by atoms with Crippen LogP contribution in [0, 0.1) is 6.92 Å². The summed E-state index contributed by atoms with van der Waals surface area (Å²) in [7, 11) is 0. The second-order valence-electron chi connectivity index (χ2n) is 12.2. The van der Waals surface area contributed by atoms with Crippen LogP contribution in [0.15, 0.2) is 29.4 Å². The molecule has 0 aliphatic carbocycles. The van der Waals surface area contributed by atoms with Crippen LogP contribution in [0.4, 0.5) is 5.69 Å². The lowest BCUT2D eigenvalue weighted by atomic mass is 9.81. The normalized spacial score (nSPS) is 25.2. The molecule has 0 atom stereocenters. The number of guanidine groups is 1.